The van der Waals surface area contributed by atoms with Crippen molar-refractivity contribution >= 4 is 27.3 Å². The molecule has 0 fully saturated rings. The Labute approximate surface area is 124 Å². The molecule has 114 valence electrons. The number of thiazole rings is 1. The summed E-state index contributed by atoms with van der Waals surface area (Å²) in [5.74, 6) is -0.882. The highest BCUT2D eigenvalue weighted by atomic mass is 32.2. The molecule has 2 aromatic heterocycles. The Kier molecular flexibility index (Phi) is 4.12. The molecule has 2 N–H and O–H groups in total. The third-order valence-corrected chi connectivity index (χ3v) is 5.75. The second-order valence-electron chi connectivity index (χ2n) is 4.37. The van der Waals surface area contributed by atoms with Gasteiger partial charge < -0.3 is 9.63 Å². The second kappa shape index (κ2) is 5.54. The number of hydrogen-bond acceptors (Lipinski definition) is 7. The van der Waals surface area contributed by atoms with Crippen LogP contribution in [-0.2, 0) is 10.0 Å². The summed E-state index contributed by atoms with van der Waals surface area (Å²) >= 11 is 0.751. The minimum atomic E-state index is -4.00. The first-order valence-electron chi connectivity index (χ1n) is 5.86. The molecule has 0 saturated heterocycles. The molecule has 21 heavy (non-hydrogen) atoms. The van der Waals surface area contributed by atoms with Crippen molar-refractivity contribution in [3.8, 4) is 0 Å². The molecule has 2 heterocycles. The number of carboxylic acids is 1. The fraction of sp³-hybridized carbons (Fsp3) is 0.364. The van der Waals surface area contributed by atoms with E-state index in [0.29, 0.717) is 17.0 Å². The van der Waals surface area contributed by atoms with Crippen molar-refractivity contribution in [1.29, 1.82) is 0 Å². The quantitative estimate of drug-likeness (QED) is 0.850. The highest BCUT2D eigenvalue weighted by Gasteiger charge is 2.29. The molecule has 0 spiro atoms. The minimum absolute atomic E-state index is 0.325. The summed E-state index contributed by atoms with van der Waals surface area (Å²) in [6.45, 7) is 5.01. The number of rotatable bonds is 5. The van der Waals surface area contributed by atoms with Crippen LogP contribution >= 0.6 is 11.3 Å². The number of carboxylic acid groups (broad SMARTS) is 1. The summed E-state index contributed by atoms with van der Waals surface area (Å²) in [6, 6.07) is -0.606. The maximum Gasteiger partial charge on any atom is 0.356 e. The summed E-state index contributed by atoms with van der Waals surface area (Å²) in [5.41, 5.74) is 1.89. The Morgan fingerprint density at radius 2 is 2.14 bits per heavy atom. The average Bonchev–Trinajstić information content (AvgIpc) is 2.96. The van der Waals surface area contributed by atoms with Crippen molar-refractivity contribution in [3.05, 3.63) is 28.2 Å². The summed E-state index contributed by atoms with van der Waals surface area (Å²) in [7, 11) is -4.00. The zero-order valence-corrected chi connectivity index (χ0v) is 13.1. The number of nitrogens with zero attached hydrogens (tertiary/aromatic N) is 2. The Balaban J connectivity index is 2.34. The first-order valence-corrected chi connectivity index (χ1v) is 8.22. The number of aryl methyl sites for hydroxylation is 2. The molecule has 0 bridgehead atoms. The van der Waals surface area contributed by atoms with Gasteiger partial charge in [-0.3, -0.25) is 0 Å². The third-order valence-electron chi connectivity index (χ3n) is 2.84. The van der Waals surface area contributed by atoms with Crippen molar-refractivity contribution in [3.63, 3.8) is 0 Å². The van der Waals surface area contributed by atoms with Gasteiger partial charge in [0.15, 0.2) is 9.90 Å². The van der Waals surface area contributed by atoms with Gasteiger partial charge in [-0.15, -0.1) is 11.3 Å². The van der Waals surface area contributed by atoms with Gasteiger partial charge >= 0.3 is 5.97 Å². The lowest BCUT2D eigenvalue weighted by atomic mass is 10.1. The van der Waals surface area contributed by atoms with E-state index in [4.69, 9.17) is 9.63 Å². The first kappa shape index (κ1) is 15.6. The molecule has 0 saturated carbocycles. The zero-order chi connectivity index (χ0) is 15.8. The molecule has 0 aliphatic rings. The fourth-order valence-electron chi connectivity index (χ4n) is 2.02. The van der Waals surface area contributed by atoms with Crippen LogP contribution in [-0.4, -0.2) is 29.6 Å². The zero-order valence-electron chi connectivity index (χ0n) is 11.4. The summed E-state index contributed by atoms with van der Waals surface area (Å²) < 4.78 is 31.7. The average molecular weight is 331 g/mol. The van der Waals surface area contributed by atoms with Gasteiger partial charge in [-0.25, -0.2) is 22.9 Å². The highest BCUT2D eigenvalue weighted by molar-refractivity contribution is 7.91. The van der Waals surface area contributed by atoms with Crippen LogP contribution in [0.15, 0.2) is 14.2 Å². The lowest BCUT2D eigenvalue weighted by Gasteiger charge is -2.13. The van der Waals surface area contributed by atoms with Gasteiger partial charge in [0.05, 0.1) is 11.2 Å². The van der Waals surface area contributed by atoms with Crippen molar-refractivity contribution in [2.75, 3.05) is 0 Å². The van der Waals surface area contributed by atoms with E-state index in [2.05, 4.69) is 14.9 Å². The Bertz CT molecular complexity index is 758. The number of carbonyl (C=O) groups is 1. The van der Waals surface area contributed by atoms with Gasteiger partial charge in [-0.05, 0) is 20.8 Å². The molecule has 1 unspecified atom stereocenters. The van der Waals surface area contributed by atoms with E-state index in [1.165, 1.54) is 5.51 Å². The normalized spacial score (nSPS) is 13.3. The number of hydrogen-bond donors (Lipinski definition) is 2. The minimum Gasteiger partial charge on any atom is -0.476 e. The van der Waals surface area contributed by atoms with E-state index in [0.717, 1.165) is 11.3 Å². The summed E-state index contributed by atoms with van der Waals surface area (Å²) in [4.78, 5) is 14.5. The van der Waals surface area contributed by atoms with Crippen LogP contribution in [0.3, 0.4) is 0 Å². The van der Waals surface area contributed by atoms with E-state index in [-0.39, 0.29) is 4.21 Å². The molecule has 1 atom stereocenters. The second-order valence-corrected chi connectivity index (χ2v) is 7.14. The number of sulfonamides is 1. The molecule has 0 amide bonds. The Morgan fingerprint density at radius 3 is 2.67 bits per heavy atom. The largest absolute Gasteiger partial charge is 0.476 e. The van der Waals surface area contributed by atoms with Gasteiger partial charge in [0, 0.05) is 11.6 Å². The topological polar surface area (TPSA) is 122 Å². The third kappa shape index (κ3) is 2.96. The van der Waals surface area contributed by atoms with Crippen LogP contribution in [0, 0.1) is 13.8 Å². The van der Waals surface area contributed by atoms with Crippen molar-refractivity contribution in [1.82, 2.24) is 14.9 Å². The predicted octanol–water partition coefficient (Wildman–Crippen LogP) is 1.49. The molecular formula is C11H13N3O5S2. The molecule has 0 aliphatic heterocycles. The Morgan fingerprint density at radius 1 is 1.48 bits per heavy atom. The van der Waals surface area contributed by atoms with Crippen LogP contribution in [0.25, 0.3) is 0 Å². The fourth-order valence-corrected chi connectivity index (χ4v) is 4.39. The van der Waals surface area contributed by atoms with Crippen LogP contribution < -0.4 is 4.72 Å². The molecular weight excluding hydrogens is 318 g/mol. The SMILES string of the molecule is Cc1noc(C)c1C(C)NS(=O)(=O)c1scnc1C(=O)O. The van der Waals surface area contributed by atoms with E-state index in [9.17, 15) is 13.2 Å². The molecule has 8 nitrogen and oxygen atoms in total. The molecule has 0 aliphatic carbocycles. The van der Waals surface area contributed by atoms with E-state index < -0.39 is 27.7 Å². The maximum absolute atomic E-state index is 12.3. The van der Waals surface area contributed by atoms with Crippen LogP contribution in [0.5, 0.6) is 0 Å². The molecule has 2 aromatic rings. The van der Waals surface area contributed by atoms with Crippen LogP contribution in [0.4, 0.5) is 0 Å². The highest BCUT2D eigenvalue weighted by Crippen LogP contribution is 2.25. The summed E-state index contributed by atoms with van der Waals surface area (Å²) in [5, 5.41) is 12.7. The van der Waals surface area contributed by atoms with Gasteiger partial charge in [0.1, 0.15) is 5.76 Å². The molecule has 10 heteroatoms. The first-order chi connectivity index (χ1) is 9.74. The van der Waals surface area contributed by atoms with Gasteiger partial charge in [0.2, 0.25) is 0 Å². The smallest absolute Gasteiger partial charge is 0.356 e. The van der Waals surface area contributed by atoms with Crippen LogP contribution in [0.2, 0.25) is 0 Å². The standard InChI is InChI=1S/C11H13N3O5S2/c1-5-8(7(3)19-13-5)6(2)14-21(17,18)11-9(10(15)16)12-4-20-11/h4,6,14H,1-3H3,(H,15,16). The van der Waals surface area contributed by atoms with Crippen molar-refractivity contribution < 1.29 is 22.8 Å². The molecule has 2 rings (SSSR count). The van der Waals surface area contributed by atoms with E-state index in [1.807, 2.05) is 0 Å². The number of aromatic nitrogens is 2. The van der Waals surface area contributed by atoms with Gasteiger partial charge in [-0.1, -0.05) is 5.16 Å². The lowest BCUT2D eigenvalue weighted by molar-refractivity contribution is 0.0687. The number of nitrogens with one attached hydrogen (secondary N) is 1. The monoisotopic (exact) mass is 331 g/mol. The van der Waals surface area contributed by atoms with E-state index >= 15 is 0 Å². The van der Waals surface area contributed by atoms with Crippen molar-refractivity contribution in [2.45, 2.75) is 31.0 Å². The van der Waals surface area contributed by atoms with Crippen LogP contribution in [0.1, 0.15) is 40.5 Å². The van der Waals surface area contributed by atoms with Gasteiger partial charge in [-0.2, -0.15) is 0 Å². The Hall–Kier alpha value is -1.78. The van der Waals surface area contributed by atoms with E-state index in [1.54, 1.807) is 20.8 Å². The lowest BCUT2D eigenvalue weighted by Crippen LogP contribution is -2.28. The molecule has 0 aromatic carbocycles. The van der Waals surface area contributed by atoms with Crippen molar-refractivity contribution in [2.24, 2.45) is 0 Å². The number of aromatic carboxylic acids is 1. The molecule has 0 radical (unpaired) electrons. The van der Waals surface area contributed by atoms with Gasteiger partial charge in [0.25, 0.3) is 10.0 Å². The summed E-state index contributed by atoms with van der Waals surface area (Å²) in [6.07, 6.45) is 0. The predicted molar refractivity (Wildman–Crippen MR) is 73.8 cm³/mol. The maximum atomic E-state index is 12.3.